The van der Waals surface area contributed by atoms with Crippen molar-refractivity contribution in [3.05, 3.63) is 82.9 Å². The summed E-state index contributed by atoms with van der Waals surface area (Å²) in [5.41, 5.74) is 9.64. The van der Waals surface area contributed by atoms with Crippen LogP contribution >= 0.6 is 0 Å². The van der Waals surface area contributed by atoms with E-state index in [-0.39, 0.29) is 23.9 Å². The average Bonchev–Trinajstić information content (AvgIpc) is 3.29. The molecule has 0 fully saturated rings. The molecule has 0 amide bonds. The Morgan fingerprint density at radius 2 is 1.86 bits per heavy atom. The van der Waals surface area contributed by atoms with Crippen molar-refractivity contribution in [2.45, 2.75) is 50.8 Å². The van der Waals surface area contributed by atoms with E-state index in [1.54, 1.807) is 18.2 Å². The van der Waals surface area contributed by atoms with Crippen LogP contribution in [-0.2, 0) is 5.54 Å². The van der Waals surface area contributed by atoms with E-state index in [9.17, 15) is 13.6 Å². The fraction of sp³-hybridized carbons (Fsp3) is 0.286. The molecular formula is C28H24F3N3O2. The molecule has 1 aliphatic carbocycles. The van der Waals surface area contributed by atoms with Crippen molar-refractivity contribution in [1.29, 1.82) is 0 Å². The Kier molecular flexibility index (Phi) is 5.02. The number of ether oxygens (including phenoxy) is 1. The Morgan fingerprint density at radius 1 is 1.11 bits per heavy atom. The molecule has 0 saturated carbocycles. The van der Waals surface area contributed by atoms with E-state index in [4.69, 9.17) is 10.5 Å². The third kappa shape index (κ3) is 3.51. The number of ketones is 1. The fourth-order valence-electron chi connectivity index (χ4n) is 5.62. The molecule has 2 N–H and O–H groups in total. The normalized spacial score (nSPS) is 18.9. The van der Waals surface area contributed by atoms with Crippen LogP contribution in [0.2, 0.25) is 0 Å². The number of halogens is 3. The standard InChI is InChI=1S/C28H24F3N3O2/c1-28(2,32)16-8-6-14(7-9-16)18-12-21-20(13-19(18)29)33-26-15-10-22(34(21)26)25-17(23(35)11-15)4-3-5-24(25)36-27(30)31/h3-9,12-13,15,22,27H,10-11,32H2,1-2H3/t15-,22-/m1/s1. The third-order valence-corrected chi connectivity index (χ3v) is 7.28. The maximum Gasteiger partial charge on any atom is 0.387 e. The highest BCUT2D eigenvalue weighted by molar-refractivity contribution is 6.00. The van der Waals surface area contributed by atoms with Crippen LogP contribution in [0.5, 0.6) is 5.75 Å². The predicted octanol–water partition coefficient (Wildman–Crippen LogP) is 6.30. The quantitative estimate of drug-likeness (QED) is 0.364. The first-order valence-electron chi connectivity index (χ1n) is 11.8. The number of hydrogen-bond acceptors (Lipinski definition) is 4. The molecule has 4 aromatic rings. The zero-order valence-corrected chi connectivity index (χ0v) is 19.8. The van der Waals surface area contributed by atoms with Gasteiger partial charge in [-0.15, -0.1) is 0 Å². The van der Waals surface area contributed by atoms with Gasteiger partial charge in [-0.25, -0.2) is 9.37 Å². The van der Waals surface area contributed by atoms with Crippen molar-refractivity contribution in [2.24, 2.45) is 5.73 Å². The highest BCUT2D eigenvalue weighted by atomic mass is 19.3. The van der Waals surface area contributed by atoms with E-state index in [1.807, 2.05) is 42.7 Å². The van der Waals surface area contributed by atoms with Crippen molar-refractivity contribution in [3.8, 4) is 16.9 Å². The minimum atomic E-state index is -3.02. The Labute approximate surface area is 205 Å². The molecule has 0 radical (unpaired) electrons. The van der Waals surface area contributed by atoms with Gasteiger partial charge in [0.25, 0.3) is 0 Å². The van der Waals surface area contributed by atoms with Gasteiger partial charge in [-0.2, -0.15) is 8.78 Å². The maximum atomic E-state index is 15.3. The molecular weight excluding hydrogens is 467 g/mol. The Bertz CT molecular complexity index is 1520. The van der Waals surface area contributed by atoms with Crippen LogP contribution in [0.1, 0.15) is 66.0 Å². The third-order valence-electron chi connectivity index (χ3n) is 7.28. The number of benzene rings is 3. The number of imidazole rings is 1. The molecule has 184 valence electrons. The smallest absolute Gasteiger partial charge is 0.387 e. The molecule has 2 atom stereocenters. The summed E-state index contributed by atoms with van der Waals surface area (Å²) in [6.07, 6.45) is 0.740. The molecule has 6 rings (SSSR count). The zero-order valence-electron chi connectivity index (χ0n) is 19.8. The molecule has 36 heavy (non-hydrogen) atoms. The predicted molar refractivity (Wildman–Crippen MR) is 130 cm³/mol. The highest BCUT2D eigenvalue weighted by Gasteiger charge is 2.42. The molecule has 2 heterocycles. The first kappa shape index (κ1) is 22.8. The SMILES string of the molecule is CC(C)(N)c1ccc(-c2cc3c(cc2F)nc2n3[C@@H]3C[C@@H]2CC(=O)c2cccc(OC(F)F)c23)cc1. The number of fused-ring (bicyclic) bond motifs is 9. The van der Waals surface area contributed by atoms with Gasteiger partial charge in [0.1, 0.15) is 17.4 Å². The summed E-state index contributed by atoms with van der Waals surface area (Å²) in [6, 6.07) is 14.8. The number of aromatic nitrogens is 2. The molecule has 0 unspecified atom stereocenters. The fourth-order valence-corrected chi connectivity index (χ4v) is 5.62. The monoisotopic (exact) mass is 491 g/mol. The first-order valence-corrected chi connectivity index (χ1v) is 11.8. The lowest BCUT2D eigenvalue weighted by Gasteiger charge is -2.21. The molecule has 5 nitrogen and oxygen atoms in total. The van der Waals surface area contributed by atoms with Crippen molar-refractivity contribution >= 4 is 16.8 Å². The number of carbonyl (C=O) groups is 1. The minimum Gasteiger partial charge on any atom is -0.434 e. The van der Waals surface area contributed by atoms with Gasteiger partial charge in [0, 0.05) is 40.6 Å². The summed E-state index contributed by atoms with van der Waals surface area (Å²) in [5.74, 6) is -0.0963. The molecule has 0 spiro atoms. The number of alkyl halides is 2. The first-order chi connectivity index (χ1) is 17.1. The van der Waals surface area contributed by atoms with Gasteiger partial charge < -0.3 is 15.0 Å². The van der Waals surface area contributed by atoms with Crippen LogP contribution in [0.3, 0.4) is 0 Å². The summed E-state index contributed by atoms with van der Waals surface area (Å²) < 4.78 is 48.5. The summed E-state index contributed by atoms with van der Waals surface area (Å²) >= 11 is 0. The van der Waals surface area contributed by atoms with E-state index in [2.05, 4.69) is 4.98 Å². The number of hydrogen-bond donors (Lipinski definition) is 1. The lowest BCUT2D eigenvalue weighted by atomic mass is 9.93. The summed E-state index contributed by atoms with van der Waals surface area (Å²) in [4.78, 5) is 17.7. The van der Waals surface area contributed by atoms with Gasteiger partial charge in [-0.1, -0.05) is 36.4 Å². The Hall–Kier alpha value is -3.65. The van der Waals surface area contributed by atoms with Gasteiger partial charge in [-0.05, 0) is 43.5 Å². The molecule has 3 aromatic carbocycles. The number of nitrogens with zero attached hydrogens (tertiary/aromatic N) is 2. The van der Waals surface area contributed by atoms with E-state index >= 15 is 4.39 Å². The summed E-state index contributed by atoms with van der Waals surface area (Å²) in [6.45, 7) is 0.784. The average molecular weight is 492 g/mol. The minimum absolute atomic E-state index is 0.0153. The molecule has 2 aliphatic rings. The number of carbonyl (C=O) groups excluding carboxylic acids is 1. The van der Waals surface area contributed by atoms with Crippen LogP contribution in [0.25, 0.3) is 22.2 Å². The van der Waals surface area contributed by atoms with E-state index in [0.717, 1.165) is 5.56 Å². The van der Waals surface area contributed by atoms with Crippen LogP contribution in [0.15, 0.2) is 54.6 Å². The molecule has 1 aromatic heterocycles. The highest BCUT2D eigenvalue weighted by Crippen LogP contribution is 2.50. The largest absolute Gasteiger partial charge is 0.434 e. The number of rotatable bonds is 4. The van der Waals surface area contributed by atoms with Crippen LogP contribution < -0.4 is 10.5 Å². The van der Waals surface area contributed by atoms with Crippen LogP contribution in [0, 0.1) is 5.82 Å². The summed E-state index contributed by atoms with van der Waals surface area (Å²) in [7, 11) is 0. The Morgan fingerprint density at radius 3 is 2.56 bits per heavy atom. The number of Topliss-reactive ketones (excluding diaryl/α,β-unsaturated/α-hetero) is 1. The van der Waals surface area contributed by atoms with Crippen molar-refractivity contribution in [3.63, 3.8) is 0 Å². The summed E-state index contributed by atoms with van der Waals surface area (Å²) in [5, 5.41) is 0. The molecule has 2 bridgehead atoms. The second kappa shape index (κ2) is 7.93. The zero-order chi connectivity index (χ0) is 25.4. The second-order valence-corrected chi connectivity index (χ2v) is 10.1. The van der Waals surface area contributed by atoms with Gasteiger partial charge in [-0.3, -0.25) is 4.79 Å². The van der Waals surface area contributed by atoms with Crippen molar-refractivity contribution < 1.29 is 22.7 Å². The Balaban J connectivity index is 1.53. The molecule has 1 aliphatic heterocycles. The lowest BCUT2D eigenvalue weighted by Crippen LogP contribution is -2.28. The van der Waals surface area contributed by atoms with E-state index in [0.29, 0.717) is 45.5 Å². The number of nitrogens with two attached hydrogens (primary N) is 1. The maximum absolute atomic E-state index is 15.3. The van der Waals surface area contributed by atoms with Crippen molar-refractivity contribution in [1.82, 2.24) is 9.55 Å². The van der Waals surface area contributed by atoms with E-state index < -0.39 is 24.0 Å². The van der Waals surface area contributed by atoms with Gasteiger partial charge in [0.05, 0.1) is 17.1 Å². The lowest BCUT2D eigenvalue weighted by molar-refractivity contribution is -0.0507. The topological polar surface area (TPSA) is 70.1 Å². The second-order valence-electron chi connectivity index (χ2n) is 10.1. The van der Waals surface area contributed by atoms with E-state index in [1.165, 1.54) is 12.1 Å². The molecule has 8 heteroatoms. The van der Waals surface area contributed by atoms with Crippen LogP contribution in [-0.4, -0.2) is 21.9 Å². The van der Waals surface area contributed by atoms with Gasteiger partial charge in [0.15, 0.2) is 5.78 Å². The van der Waals surface area contributed by atoms with Gasteiger partial charge in [0.2, 0.25) is 0 Å². The van der Waals surface area contributed by atoms with Gasteiger partial charge >= 0.3 is 6.61 Å². The van der Waals surface area contributed by atoms with Crippen molar-refractivity contribution in [2.75, 3.05) is 0 Å². The molecule has 0 saturated heterocycles. The van der Waals surface area contributed by atoms with Crippen LogP contribution in [0.4, 0.5) is 13.2 Å².